The summed E-state index contributed by atoms with van der Waals surface area (Å²) in [5.41, 5.74) is 2.16. The Morgan fingerprint density at radius 2 is 1.81 bits per heavy atom. The van der Waals surface area contributed by atoms with Gasteiger partial charge in [-0.05, 0) is 82.0 Å². The summed E-state index contributed by atoms with van der Waals surface area (Å²) in [5.74, 6) is 1.01. The molecule has 0 unspecified atom stereocenters. The minimum Gasteiger partial charge on any atom is -0.348 e. The summed E-state index contributed by atoms with van der Waals surface area (Å²) in [7, 11) is 2.21. The third-order valence-corrected chi connectivity index (χ3v) is 9.55. The number of piperidine rings is 1. The van der Waals surface area contributed by atoms with Gasteiger partial charge in [0, 0.05) is 37.3 Å². The van der Waals surface area contributed by atoms with Crippen molar-refractivity contribution in [1.29, 1.82) is 0 Å². The van der Waals surface area contributed by atoms with Crippen molar-refractivity contribution < 1.29 is 19.2 Å². The lowest BCUT2D eigenvalue weighted by Gasteiger charge is -2.60. The highest BCUT2D eigenvalue weighted by molar-refractivity contribution is 5.22. The van der Waals surface area contributed by atoms with E-state index in [0.29, 0.717) is 23.7 Å². The molecule has 6 heterocycles. The van der Waals surface area contributed by atoms with Crippen LogP contribution in [0.25, 0.3) is 0 Å². The van der Waals surface area contributed by atoms with Crippen molar-refractivity contribution in [3.63, 3.8) is 0 Å². The Morgan fingerprint density at radius 3 is 2.62 bits per heavy atom. The second-order valence-corrected chi connectivity index (χ2v) is 11.5. The Labute approximate surface area is 192 Å². The molecule has 2 bridgehead atoms. The van der Waals surface area contributed by atoms with Crippen LogP contribution in [0, 0.1) is 23.7 Å². The first-order valence-electron chi connectivity index (χ1n) is 13.0. The standard InChI is InChI=1S/C26H40N2O4/c1-17-8-10-21-18(2)23(22-11-9-19(27(22)4)16-28-14-6-5-7-15-28)29-24-26(21)20(17)12-13-25(3,30-24)31-32-26/h9,11,17-18,20-21,23-24H,5-8,10,12-16H2,1-4H3/t17-,18-,20+,21+,23-,24-,25-,26-/m1/s1. The fraction of sp³-hybridized carbons (Fsp3) is 0.846. The summed E-state index contributed by atoms with van der Waals surface area (Å²) >= 11 is 0. The Hall–Kier alpha value is -0.920. The Kier molecular flexibility index (Phi) is 5.27. The summed E-state index contributed by atoms with van der Waals surface area (Å²) in [6.07, 6.45) is 7.98. The highest BCUT2D eigenvalue weighted by Crippen LogP contribution is 2.62. The fourth-order valence-corrected chi connectivity index (χ4v) is 7.61. The smallest absolute Gasteiger partial charge is 0.201 e. The maximum atomic E-state index is 6.87. The number of aromatic nitrogens is 1. The van der Waals surface area contributed by atoms with Crippen LogP contribution >= 0.6 is 0 Å². The minimum atomic E-state index is -0.712. The average molecular weight is 445 g/mol. The molecule has 6 nitrogen and oxygen atoms in total. The van der Waals surface area contributed by atoms with Crippen molar-refractivity contribution in [2.45, 2.75) is 96.0 Å². The second-order valence-electron chi connectivity index (χ2n) is 11.5. The van der Waals surface area contributed by atoms with Crippen LogP contribution in [0.1, 0.15) is 83.2 Å². The maximum absolute atomic E-state index is 6.87. The molecule has 1 spiro atoms. The lowest BCUT2D eigenvalue weighted by molar-refractivity contribution is -0.571. The van der Waals surface area contributed by atoms with Crippen LogP contribution in [-0.2, 0) is 32.8 Å². The van der Waals surface area contributed by atoms with Crippen molar-refractivity contribution >= 4 is 0 Å². The van der Waals surface area contributed by atoms with E-state index in [2.05, 4.69) is 42.5 Å². The van der Waals surface area contributed by atoms with Crippen molar-refractivity contribution in [1.82, 2.24) is 9.47 Å². The lowest BCUT2D eigenvalue weighted by atomic mass is 9.57. The molecule has 1 aromatic heterocycles. The molecule has 1 aromatic rings. The lowest BCUT2D eigenvalue weighted by Crippen LogP contribution is -2.69. The molecule has 178 valence electrons. The quantitative estimate of drug-likeness (QED) is 0.619. The van der Waals surface area contributed by atoms with Crippen molar-refractivity contribution in [3.05, 3.63) is 23.5 Å². The molecule has 0 radical (unpaired) electrons. The normalized spacial score (nSPS) is 46.6. The molecular formula is C26H40N2O4. The van der Waals surface area contributed by atoms with Crippen molar-refractivity contribution in [2.24, 2.45) is 30.7 Å². The van der Waals surface area contributed by atoms with Gasteiger partial charge in [-0.3, -0.25) is 4.90 Å². The van der Waals surface area contributed by atoms with E-state index in [1.807, 2.05) is 6.92 Å². The average Bonchev–Trinajstić information content (AvgIpc) is 2.98. The van der Waals surface area contributed by atoms with Crippen molar-refractivity contribution in [2.75, 3.05) is 13.1 Å². The van der Waals surface area contributed by atoms with Crippen LogP contribution in [0.2, 0.25) is 0 Å². The number of hydrogen-bond donors (Lipinski definition) is 0. The molecule has 6 fully saturated rings. The number of nitrogens with zero attached hydrogens (tertiary/aromatic N) is 2. The molecule has 0 amide bonds. The van der Waals surface area contributed by atoms with E-state index in [-0.39, 0.29) is 12.4 Å². The second kappa shape index (κ2) is 7.81. The van der Waals surface area contributed by atoms with E-state index >= 15 is 0 Å². The monoisotopic (exact) mass is 444 g/mol. The summed E-state index contributed by atoms with van der Waals surface area (Å²) < 4.78 is 15.8. The molecule has 5 saturated heterocycles. The third kappa shape index (κ3) is 3.17. The van der Waals surface area contributed by atoms with Gasteiger partial charge in [-0.1, -0.05) is 20.3 Å². The zero-order valence-corrected chi connectivity index (χ0v) is 20.2. The predicted molar refractivity (Wildman–Crippen MR) is 120 cm³/mol. The highest BCUT2D eigenvalue weighted by atomic mass is 17.3. The molecule has 8 atom stereocenters. The van der Waals surface area contributed by atoms with Gasteiger partial charge in [0.2, 0.25) is 5.79 Å². The number of ether oxygens (including phenoxy) is 2. The molecule has 1 saturated carbocycles. The van der Waals surface area contributed by atoms with Gasteiger partial charge < -0.3 is 14.0 Å². The predicted octanol–water partition coefficient (Wildman–Crippen LogP) is 4.93. The first kappa shape index (κ1) is 21.6. The number of rotatable bonds is 3. The van der Waals surface area contributed by atoms with Gasteiger partial charge >= 0.3 is 0 Å². The van der Waals surface area contributed by atoms with E-state index in [1.54, 1.807) is 0 Å². The number of hydrogen-bond acceptors (Lipinski definition) is 5. The van der Waals surface area contributed by atoms with Gasteiger partial charge in [-0.15, -0.1) is 0 Å². The van der Waals surface area contributed by atoms with Crippen LogP contribution in [0.4, 0.5) is 0 Å². The molecule has 0 aromatic carbocycles. The number of likely N-dealkylation sites (tertiary alicyclic amines) is 1. The van der Waals surface area contributed by atoms with Crippen LogP contribution in [0.5, 0.6) is 0 Å². The van der Waals surface area contributed by atoms with E-state index in [1.165, 1.54) is 50.2 Å². The van der Waals surface area contributed by atoms with Gasteiger partial charge in [0.1, 0.15) is 6.10 Å². The van der Waals surface area contributed by atoms with Crippen LogP contribution in [0.15, 0.2) is 12.1 Å². The molecule has 7 rings (SSSR count). The third-order valence-electron chi connectivity index (χ3n) is 9.55. The molecule has 0 N–H and O–H groups in total. The van der Waals surface area contributed by atoms with E-state index < -0.39 is 11.4 Å². The van der Waals surface area contributed by atoms with Crippen LogP contribution in [-0.4, -0.2) is 40.2 Å². The van der Waals surface area contributed by atoms with Gasteiger partial charge in [-0.2, -0.15) is 0 Å². The fourth-order valence-electron chi connectivity index (χ4n) is 7.61. The van der Waals surface area contributed by atoms with E-state index in [0.717, 1.165) is 25.8 Å². The summed E-state index contributed by atoms with van der Waals surface area (Å²) in [6.45, 7) is 10.2. The maximum Gasteiger partial charge on any atom is 0.201 e. The zero-order chi connectivity index (χ0) is 22.1. The molecule has 1 aliphatic carbocycles. The van der Waals surface area contributed by atoms with Gasteiger partial charge in [0.15, 0.2) is 11.9 Å². The molecule has 6 heteroatoms. The molecule has 5 aliphatic heterocycles. The molecule has 6 aliphatic rings. The first-order chi connectivity index (χ1) is 15.4. The Balaban J connectivity index is 1.31. The van der Waals surface area contributed by atoms with Crippen molar-refractivity contribution in [3.8, 4) is 0 Å². The highest BCUT2D eigenvalue weighted by Gasteiger charge is 2.69. The first-order valence-corrected chi connectivity index (χ1v) is 13.0. The van der Waals surface area contributed by atoms with E-state index in [4.69, 9.17) is 19.2 Å². The van der Waals surface area contributed by atoms with Gasteiger partial charge in [0.05, 0.1) is 0 Å². The largest absolute Gasteiger partial charge is 0.348 e. The Morgan fingerprint density at radius 1 is 1.00 bits per heavy atom. The minimum absolute atomic E-state index is 0.0105. The SMILES string of the molecule is C[C@H]1[C@H](c2ccc(CN3CCCCC3)n2C)O[C@@H]2O[C@@]3(C)CC[C@H]4[C@H](C)CC[C@@H]1[C@@]24OO3. The molecule has 32 heavy (non-hydrogen) atoms. The number of fused-ring (bicyclic) bond motifs is 2. The van der Waals surface area contributed by atoms with Crippen LogP contribution < -0.4 is 0 Å². The topological polar surface area (TPSA) is 45.1 Å². The molecular weight excluding hydrogens is 404 g/mol. The van der Waals surface area contributed by atoms with E-state index in [9.17, 15) is 0 Å². The zero-order valence-electron chi connectivity index (χ0n) is 20.2. The summed E-state index contributed by atoms with van der Waals surface area (Å²) in [5, 5.41) is 0. The van der Waals surface area contributed by atoms with Gasteiger partial charge in [0.25, 0.3) is 0 Å². The Bertz CT molecular complexity index is 851. The summed E-state index contributed by atoms with van der Waals surface area (Å²) in [6, 6.07) is 4.59. The summed E-state index contributed by atoms with van der Waals surface area (Å²) in [4.78, 5) is 14.9. The van der Waals surface area contributed by atoms with Crippen LogP contribution in [0.3, 0.4) is 0 Å². The van der Waals surface area contributed by atoms with Gasteiger partial charge in [-0.25, -0.2) is 9.78 Å².